The van der Waals surface area contributed by atoms with Crippen molar-refractivity contribution < 1.29 is 0 Å². The molecule has 0 amide bonds. The van der Waals surface area contributed by atoms with Gasteiger partial charge in [0.2, 0.25) is 5.95 Å². The van der Waals surface area contributed by atoms with Gasteiger partial charge in [0.15, 0.2) is 0 Å². The summed E-state index contributed by atoms with van der Waals surface area (Å²) < 4.78 is 1.79. The van der Waals surface area contributed by atoms with Crippen molar-refractivity contribution in [3.63, 3.8) is 0 Å². The van der Waals surface area contributed by atoms with Crippen molar-refractivity contribution in [2.45, 2.75) is 52.4 Å². The molecular weight excluding hydrogens is 398 g/mol. The summed E-state index contributed by atoms with van der Waals surface area (Å²) in [7, 11) is 0. The number of rotatable bonds is 4. The van der Waals surface area contributed by atoms with Gasteiger partial charge in [-0.05, 0) is 56.5 Å². The molecule has 1 aliphatic heterocycles. The SMILES string of the molecule is CC(C)N1c2nc(-c3c[nH]c4ccc(-c5ccc(CN)cc5)cc34)cc(=O)n2CC1(C)C. The fourth-order valence-corrected chi connectivity index (χ4v) is 4.97. The summed E-state index contributed by atoms with van der Waals surface area (Å²) in [6.45, 7) is 9.78. The Balaban J connectivity index is 1.64. The van der Waals surface area contributed by atoms with Gasteiger partial charge in [0.25, 0.3) is 5.56 Å². The molecule has 0 aliphatic carbocycles. The standard InChI is InChI=1S/C26H29N5O/c1-16(2)31-25-29-23(12-24(32)30(25)15-26(31,3)4)21-14-28-22-10-9-19(11-20(21)22)18-7-5-17(13-27)6-8-18/h5-12,14,16,28H,13,15,27H2,1-4H3. The average Bonchev–Trinajstić information content (AvgIpc) is 3.30. The van der Waals surface area contributed by atoms with Crippen LogP contribution in [0.2, 0.25) is 0 Å². The zero-order chi connectivity index (χ0) is 22.6. The number of hydrogen-bond acceptors (Lipinski definition) is 4. The largest absolute Gasteiger partial charge is 0.360 e. The van der Waals surface area contributed by atoms with Crippen LogP contribution in [-0.2, 0) is 13.1 Å². The molecule has 0 bridgehead atoms. The minimum Gasteiger partial charge on any atom is -0.360 e. The van der Waals surface area contributed by atoms with E-state index in [0.29, 0.717) is 18.8 Å². The van der Waals surface area contributed by atoms with E-state index in [1.54, 1.807) is 10.6 Å². The maximum atomic E-state index is 13.0. The molecule has 6 nitrogen and oxygen atoms in total. The molecule has 2 aromatic carbocycles. The summed E-state index contributed by atoms with van der Waals surface area (Å²) in [5.74, 6) is 0.746. The van der Waals surface area contributed by atoms with Crippen molar-refractivity contribution >= 4 is 16.9 Å². The van der Waals surface area contributed by atoms with Crippen molar-refractivity contribution in [1.29, 1.82) is 0 Å². The van der Waals surface area contributed by atoms with Gasteiger partial charge in [-0.15, -0.1) is 0 Å². The normalized spacial score (nSPS) is 15.0. The van der Waals surface area contributed by atoms with Gasteiger partial charge >= 0.3 is 0 Å². The lowest BCUT2D eigenvalue weighted by Crippen LogP contribution is -2.45. The zero-order valence-corrected chi connectivity index (χ0v) is 19.0. The summed E-state index contributed by atoms with van der Waals surface area (Å²) in [6.07, 6.45) is 1.95. The Morgan fingerprint density at radius 1 is 1.09 bits per heavy atom. The van der Waals surface area contributed by atoms with Crippen LogP contribution in [0.15, 0.2) is 59.5 Å². The van der Waals surface area contributed by atoms with E-state index >= 15 is 0 Å². The van der Waals surface area contributed by atoms with Crippen LogP contribution >= 0.6 is 0 Å². The van der Waals surface area contributed by atoms with E-state index in [1.807, 2.05) is 6.20 Å². The Morgan fingerprint density at radius 2 is 1.81 bits per heavy atom. The summed E-state index contributed by atoms with van der Waals surface area (Å²) in [5.41, 5.74) is 11.6. The molecule has 0 radical (unpaired) electrons. The van der Waals surface area contributed by atoms with Crippen molar-refractivity contribution in [1.82, 2.24) is 14.5 Å². The van der Waals surface area contributed by atoms with Crippen LogP contribution < -0.4 is 16.2 Å². The highest BCUT2D eigenvalue weighted by Gasteiger charge is 2.39. The summed E-state index contributed by atoms with van der Waals surface area (Å²) in [5, 5.41) is 1.05. The second-order valence-corrected chi connectivity index (χ2v) is 9.51. The first kappa shape index (κ1) is 20.5. The van der Waals surface area contributed by atoms with E-state index in [2.05, 4.69) is 80.0 Å². The summed E-state index contributed by atoms with van der Waals surface area (Å²) in [6, 6.07) is 16.6. The van der Waals surface area contributed by atoms with Crippen LogP contribution in [0.1, 0.15) is 33.3 Å². The highest BCUT2D eigenvalue weighted by Crippen LogP contribution is 2.36. The predicted octanol–water partition coefficient (Wildman–Crippen LogP) is 4.52. The molecule has 164 valence electrons. The molecule has 2 aromatic heterocycles. The number of fused-ring (bicyclic) bond motifs is 2. The third kappa shape index (κ3) is 3.22. The number of hydrogen-bond donors (Lipinski definition) is 2. The van der Waals surface area contributed by atoms with Gasteiger partial charge in [0.05, 0.1) is 17.8 Å². The average molecular weight is 428 g/mol. The van der Waals surface area contributed by atoms with Crippen molar-refractivity contribution in [3.05, 3.63) is 70.6 Å². The number of nitrogens with two attached hydrogens (primary N) is 1. The highest BCUT2D eigenvalue weighted by atomic mass is 16.1. The summed E-state index contributed by atoms with van der Waals surface area (Å²) in [4.78, 5) is 23.6. The minimum atomic E-state index is -0.158. The third-order valence-corrected chi connectivity index (χ3v) is 6.40. The Morgan fingerprint density at radius 3 is 2.50 bits per heavy atom. The van der Waals surface area contributed by atoms with Gasteiger partial charge in [0.1, 0.15) is 0 Å². The van der Waals surface area contributed by atoms with Gasteiger partial charge < -0.3 is 15.6 Å². The number of aromatic amines is 1. The predicted molar refractivity (Wildman–Crippen MR) is 131 cm³/mol. The van der Waals surface area contributed by atoms with Crippen molar-refractivity contribution in [2.75, 3.05) is 4.90 Å². The lowest BCUT2D eigenvalue weighted by atomic mass is 10.0. The molecule has 32 heavy (non-hydrogen) atoms. The molecule has 0 unspecified atom stereocenters. The van der Waals surface area contributed by atoms with E-state index in [-0.39, 0.29) is 17.1 Å². The number of benzene rings is 2. The van der Waals surface area contributed by atoms with E-state index in [0.717, 1.165) is 39.1 Å². The number of anilines is 1. The number of nitrogens with one attached hydrogen (secondary N) is 1. The first-order valence-corrected chi connectivity index (χ1v) is 11.1. The monoisotopic (exact) mass is 427 g/mol. The van der Waals surface area contributed by atoms with Gasteiger partial charge in [-0.2, -0.15) is 0 Å². The zero-order valence-electron chi connectivity index (χ0n) is 19.0. The molecule has 0 spiro atoms. The molecule has 3 heterocycles. The number of aromatic nitrogens is 3. The molecule has 4 aromatic rings. The molecule has 1 aliphatic rings. The second-order valence-electron chi connectivity index (χ2n) is 9.51. The van der Waals surface area contributed by atoms with Crippen LogP contribution in [0.3, 0.4) is 0 Å². The molecule has 0 atom stereocenters. The molecule has 0 saturated heterocycles. The fourth-order valence-electron chi connectivity index (χ4n) is 4.97. The Labute approximate surface area is 187 Å². The van der Waals surface area contributed by atoms with E-state index < -0.39 is 0 Å². The van der Waals surface area contributed by atoms with Crippen LogP contribution in [0.5, 0.6) is 0 Å². The Bertz CT molecular complexity index is 1360. The van der Waals surface area contributed by atoms with Crippen LogP contribution in [0, 0.1) is 0 Å². The topological polar surface area (TPSA) is 79.9 Å². The quantitative estimate of drug-likeness (QED) is 0.502. The van der Waals surface area contributed by atoms with Crippen LogP contribution in [-0.4, -0.2) is 26.1 Å². The van der Waals surface area contributed by atoms with Gasteiger partial charge in [0, 0.05) is 41.3 Å². The third-order valence-electron chi connectivity index (χ3n) is 6.40. The maximum Gasteiger partial charge on any atom is 0.255 e. The van der Waals surface area contributed by atoms with Gasteiger partial charge in [-0.3, -0.25) is 9.36 Å². The van der Waals surface area contributed by atoms with E-state index in [9.17, 15) is 4.79 Å². The Hall–Kier alpha value is -3.38. The molecular formula is C26H29N5O. The molecule has 6 heteroatoms. The van der Waals surface area contributed by atoms with E-state index in [4.69, 9.17) is 10.7 Å². The van der Waals surface area contributed by atoms with Gasteiger partial charge in [-0.1, -0.05) is 30.3 Å². The Kier molecular flexibility index (Phi) is 4.71. The van der Waals surface area contributed by atoms with Gasteiger partial charge in [-0.25, -0.2) is 4.98 Å². The molecule has 3 N–H and O–H groups in total. The molecule has 0 saturated carbocycles. The number of H-pyrrole nitrogens is 1. The van der Waals surface area contributed by atoms with Crippen molar-refractivity contribution in [2.24, 2.45) is 5.73 Å². The van der Waals surface area contributed by atoms with E-state index in [1.165, 1.54) is 0 Å². The minimum absolute atomic E-state index is 0.0101. The highest BCUT2D eigenvalue weighted by molar-refractivity contribution is 5.97. The first-order valence-electron chi connectivity index (χ1n) is 11.1. The van der Waals surface area contributed by atoms with Crippen LogP contribution in [0.4, 0.5) is 5.95 Å². The second kappa shape index (κ2) is 7.35. The molecule has 0 fully saturated rings. The van der Waals surface area contributed by atoms with Crippen molar-refractivity contribution in [3.8, 4) is 22.4 Å². The molecule has 5 rings (SSSR count). The van der Waals surface area contributed by atoms with Crippen LogP contribution in [0.25, 0.3) is 33.3 Å². The summed E-state index contributed by atoms with van der Waals surface area (Å²) >= 11 is 0. The number of nitrogens with zero attached hydrogens (tertiary/aromatic N) is 3. The lowest BCUT2D eigenvalue weighted by molar-refractivity contribution is 0.425. The lowest BCUT2D eigenvalue weighted by Gasteiger charge is -2.35. The first-order chi connectivity index (χ1) is 15.3. The smallest absolute Gasteiger partial charge is 0.255 e. The fraction of sp³-hybridized carbons (Fsp3) is 0.308. The maximum absolute atomic E-state index is 13.0.